The van der Waals surface area contributed by atoms with E-state index >= 15 is 0 Å². The Morgan fingerprint density at radius 2 is 1.78 bits per heavy atom. The Bertz CT molecular complexity index is 899. The summed E-state index contributed by atoms with van der Waals surface area (Å²) < 4.78 is 23.2. The molecule has 0 spiro atoms. The summed E-state index contributed by atoms with van der Waals surface area (Å²) in [6.07, 6.45) is 4.76. The maximum Gasteiger partial charge on any atom is 0.222 e. The quantitative estimate of drug-likeness (QED) is 0.866. The third kappa shape index (κ3) is 4.19. The number of aromatic amines is 1. The number of aromatic nitrogens is 1. The molecule has 0 bridgehead atoms. The van der Waals surface area contributed by atoms with E-state index in [1.807, 2.05) is 23.2 Å². The molecule has 7 heteroatoms. The highest BCUT2D eigenvalue weighted by Crippen LogP contribution is 2.21. The molecule has 0 saturated carbocycles. The molecule has 146 valence electrons. The number of sulfone groups is 1. The second-order valence-corrected chi connectivity index (χ2v) is 9.96. The second kappa shape index (κ2) is 7.64. The third-order valence-corrected chi connectivity index (χ3v) is 7.71. The molecule has 2 aromatic rings. The van der Waals surface area contributed by atoms with Crippen molar-refractivity contribution < 1.29 is 13.2 Å². The van der Waals surface area contributed by atoms with Gasteiger partial charge >= 0.3 is 0 Å². The first kappa shape index (κ1) is 18.5. The molecule has 3 heterocycles. The minimum Gasteiger partial charge on any atom is -0.361 e. The van der Waals surface area contributed by atoms with Gasteiger partial charge in [0.25, 0.3) is 0 Å². The molecule has 0 aliphatic carbocycles. The zero-order chi connectivity index (χ0) is 18.9. The number of fused-ring (bicyclic) bond motifs is 1. The van der Waals surface area contributed by atoms with Gasteiger partial charge in [-0.2, -0.15) is 0 Å². The fourth-order valence-corrected chi connectivity index (χ4v) is 5.78. The lowest BCUT2D eigenvalue weighted by atomic mass is 10.1. The van der Waals surface area contributed by atoms with Crippen LogP contribution in [0.2, 0.25) is 0 Å². The molecule has 1 aromatic carbocycles. The lowest BCUT2D eigenvalue weighted by molar-refractivity contribution is -0.133. The molecule has 0 unspecified atom stereocenters. The van der Waals surface area contributed by atoms with Gasteiger partial charge in [0.05, 0.1) is 11.5 Å². The van der Waals surface area contributed by atoms with Crippen LogP contribution in [0, 0.1) is 0 Å². The third-order valence-electron chi connectivity index (χ3n) is 5.99. The molecule has 0 atom stereocenters. The number of carbonyl (C=O) groups is 1. The lowest BCUT2D eigenvalue weighted by Crippen LogP contribution is -2.53. The van der Waals surface area contributed by atoms with Crippen LogP contribution in [0.1, 0.15) is 24.8 Å². The highest BCUT2D eigenvalue weighted by Gasteiger charge is 2.30. The van der Waals surface area contributed by atoms with Gasteiger partial charge < -0.3 is 9.88 Å². The number of nitrogens with one attached hydrogen (secondary N) is 1. The SMILES string of the molecule is O=C(CCc1c[nH]c2ccccc12)N1CCN(C2CCS(=O)(=O)CC2)CC1. The highest BCUT2D eigenvalue weighted by molar-refractivity contribution is 7.91. The zero-order valence-electron chi connectivity index (χ0n) is 15.6. The number of rotatable bonds is 4. The van der Waals surface area contributed by atoms with Gasteiger partial charge in [0, 0.05) is 55.7 Å². The first-order valence-corrected chi connectivity index (χ1v) is 11.6. The predicted octanol–water partition coefficient (Wildman–Crippen LogP) is 1.82. The van der Waals surface area contributed by atoms with Crippen LogP contribution in [0.25, 0.3) is 10.9 Å². The number of hydrogen-bond donors (Lipinski definition) is 1. The van der Waals surface area contributed by atoms with E-state index in [0.29, 0.717) is 24.0 Å². The number of benzene rings is 1. The number of amides is 1. The van der Waals surface area contributed by atoms with Gasteiger partial charge in [-0.3, -0.25) is 9.69 Å². The topological polar surface area (TPSA) is 73.5 Å². The largest absolute Gasteiger partial charge is 0.361 e. The van der Waals surface area contributed by atoms with Crippen molar-refractivity contribution in [1.82, 2.24) is 14.8 Å². The van der Waals surface area contributed by atoms with E-state index in [1.165, 1.54) is 10.9 Å². The molecule has 2 fully saturated rings. The fraction of sp³-hybridized carbons (Fsp3) is 0.550. The van der Waals surface area contributed by atoms with Crippen LogP contribution in [0.15, 0.2) is 30.5 Å². The van der Waals surface area contributed by atoms with E-state index in [2.05, 4.69) is 22.0 Å². The number of nitrogens with zero attached hydrogens (tertiary/aromatic N) is 2. The Morgan fingerprint density at radius 3 is 2.52 bits per heavy atom. The predicted molar refractivity (Wildman–Crippen MR) is 106 cm³/mol. The second-order valence-electron chi connectivity index (χ2n) is 7.66. The van der Waals surface area contributed by atoms with E-state index in [0.717, 1.165) is 51.0 Å². The Balaban J connectivity index is 1.26. The van der Waals surface area contributed by atoms with Crippen LogP contribution >= 0.6 is 0 Å². The van der Waals surface area contributed by atoms with E-state index in [4.69, 9.17) is 0 Å². The molecule has 1 amide bonds. The normalized spacial score (nSPS) is 21.6. The summed E-state index contributed by atoms with van der Waals surface area (Å²) in [5, 5.41) is 1.20. The van der Waals surface area contributed by atoms with E-state index < -0.39 is 9.84 Å². The average molecular weight is 390 g/mol. The molecule has 0 radical (unpaired) electrons. The maximum absolute atomic E-state index is 12.6. The molecule has 6 nitrogen and oxygen atoms in total. The first-order valence-electron chi connectivity index (χ1n) is 9.79. The summed E-state index contributed by atoms with van der Waals surface area (Å²) >= 11 is 0. The number of piperazine rings is 1. The van der Waals surface area contributed by atoms with Gasteiger partial charge in [-0.1, -0.05) is 18.2 Å². The van der Waals surface area contributed by atoms with Crippen molar-refractivity contribution in [2.45, 2.75) is 31.7 Å². The van der Waals surface area contributed by atoms with Crippen LogP contribution < -0.4 is 0 Å². The van der Waals surface area contributed by atoms with Crippen LogP contribution in [0.5, 0.6) is 0 Å². The number of carbonyl (C=O) groups excluding carboxylic acids is 1. The maximum atomic E-state index is 12.6. The monoisotopic (exact) mass is 389 g/mol. The number of hydrogen-bond acceptors (Lipinski definition) is 4. The number of para-hydroxylation sites is 1. The highest BCUT2D eigenvalue weighted by atomic mass is 32.2. The fourth-order valence-electron chi connectivity index (χ4n) is 4.32. The molecule has 2 aliphatic heterocycles. The van der Waals surface area contributed by atoms with E-state index in [-0.39, 0.29) is 5.91 Å². The van der Waals surface area contributed by atoms with Crippen molar-refractivity contribution in [3.8, 4) is 0 Å². The summed E-state index contributed by atoms with van der Waals surface area (Å²) in [6.45, 7) is 3.19. The summed E-state index contributed by atoms with van der Waals surface area (Å²) in [7, 11) is -2.82. The Morgan fingerprint density at radius 1 is 1.07 bits per heavy atom. The van der Waals surface area contributed by atoms with Gasteiger partial charge in [0.2, 0.25) is 5.91 Å². The van der Waals surface area contributed by atoms with Crippen LogP contribution in [0.4, 0.5) is 0 Å². The summed E-state index contributed by atoms with van der Waals surface area (Å²) in [5.74, 6) is 0.828. The molecular formula is C20H27N3O3S. The van der Waals surface area contributed by atoms with Crippen molar-refractivity contribution >= 4 is 26.6 Å². The standard InChI is InChI=1S/C20H27N3O3S/c24-20(6-5-16-15-21-19-4-2-1-3-18(16)19)23-11-9-22(10-12-23)17-7-13-27(25,26)14-8-17/h1-4,15,17,21H,5-14H2. The first-order chi connectivity index (χ1) is 13.0. The zero-order valence-corrected chi connectivity index (χ0v) is 16.4. The molecule has 1 N–H and O–H groups in total. The molecule has 27 heavy (non-hydrogen) atoms. The smallest absolute Gasteiger partial charge is 0.222 e. The molecule has 4 rings (SSSR count). The summed E-state index contributed by atoms with van der Waals surface area (Å²) in [6, 6.07) is 8.54. The van der Waals surface area contributed by atoms with Crippen molar-refractivity contribution in [1.29, 1.82) is 0 Å². The van der Waals surface area contributed by atoms with E-state index in [1.54, 1.807) is 0 Å². The van der Waals surface area contributed by atoms with Crippen LogP contribution in [0.3, 0.4) is 0 Å². The van der Waals surface area contributed by atoms with Gasteiger partial charge in [-0.05, 0) is 30.9 Å². The molecule has 2 aliphatic rings. The molecular weight excluding hydrogens is 362 g/mol. The summed E-state index contributed by atoms with van der Waals surface area (Å²) in [5.41, 5.74) is 2.31. The van der Waals surface area contributed by atoms with E-state index in [9.17, 15) is 13.2 Å². The molecule has 2 saturated heterocycles. The van der Waals surface area contributed by atoms with Gasteiger partial charge in [-0.25, -0.2) is 8.42 Å². The number of H-pyrrole nitrogens is 1. The van der Waals surface area contributed by atoms with Crippen molar-refractivity contribution in [2.75, 3.05) is 37.7 Å². The van der Waals surface area contributed by atoms with Crippen molar-refractivity contribution in [2.24, 2.45) is 0 Å². The Labute approximate surface area is 160 Å². The Kier molecular flexibility index (Phi) is 5.23. The van der Waals surface area contributed by atoms with Gasteiger partial charge in [0.15, 0.2) is 0 Å². The Hall–Kier alpha value is -1.86. The minimum absolute atomic E-state index is 0.214. The van der Waals surface area contributed by atoms with Crippen LogP contribution in [-0.2, 0) is 21.1 Å². The van der Waals surface area contributed by atoms with Crippen molar-refractivity contribution in [3.63, 3.8) is 0 Å². The van der Waals surface area contributed by atoms with Crippen LogP contribution in [-0.4, -0.2) is 72.8 Å². The minimum atomic E-state index is -2.82. The summed E-state index contributed by atoms with van der Waals surface area (Å²) in [4.78, 5) is 20.2. The average Bonchev–Trinajstić information content (AvgIpc) is 3.09. The number of aryl methyl sites for hydroxylation is 1. The van der Waals surface area contributed by atoms with Gasteiger partial charge in [-0.15, -0.1) is 0 Å². The lowest BCUT2D eigenvalue weighted by Gasteiger charge is -2.40. The van der Waals surface area contributed by atoms with Gasteiger partial charge in [0.1, 0.15) is 9.84 Å². The molecule has 1 aromatic heterocycles. The van der Waals surface area contributed by atoms with Crippen molar-refractivity contribution in [3.05, 3.63) is 36.0 Å².